The van der Waals surface area contributed by atoms with Gasteiger partial charge in [-0.15, -0.1) is 0 Å². The van der Waals surface area contributed by atoms with Crippen LogP contribution in [0.3, 0.4) is 0 Å². The molecule has 0 aliphatic rings. The van der Waals surface area contributed by atoms with Crippen LogP contribution >= 0.6 is 0 Å². The third-order valence-corrected chi connectivity index (χ3v) is 1.82. The van der Waals surface area contributed by atoms with Crippen LogP contribution in [0.1, 0.15) is 19.8 Å². The first-order chi connectivity index (χ1) is 5.99. The van der Waals surface area contributed by atoms with Gasteiger partial charge in [-0.25, -0.2) is 0 Å². The van der Waals surface area contributed by atoms with E-state index in [9.17, 15) is 9.59 Å². The summed E-state index contributed by atoms with van der Waals surface area (Å²) >= 11 is 0. The number of amides is 1. The van der Waals surface area contributed by atoms with Crippen molar-refractivity contribution in [3.8, 4) is 0 Å². The molecule has 0 fully saturated rings. The summed E-state index contributed by atoms with van der Waals surface area (Å²) in [7, 11) is 0. The van der Waals surface area contributed by atoms with Gasteiger partial charge in [-0.1, -0.05) is 18.7 Å². The fourth-order valence-electron chi connectivity index (χ4n) is 1.06. The molecule has 0 aromatic rings. The van der Waals surface area contributed by atoms with Gasteiger partial charge >= 0.3 is 0 Å². The number of hydrogen-bond acceptors (Lipinski definition) is 2. The summed E-state index contributed by atoms with van der Waals surface area (Å²) in [5, 5.41) is 0. The fourth-order valence-corrected chi connectivity index (χ4v) is 1.06. The van der Waals surface area contributed by atoms with E-state index in [1.807, 2.05) is 0 Å². The smallest absolute Gasteiger partial charge is 0.217 e. The molecule has 1 atom stereocenters. The molecular formula is C10H15NO2. The number of ketones is 1. The standard InChI is InChI=1S/C10H15NO2/c1-4-9(12)8(7(2)3)5-6-10(11)13/h4,8H,1-2,5-6H2,3H3,(H2,11,13)/t8-/m1/s1. The molecule has 1 amide bonds. The summed E-state index contributed by atoms with van der Waals surface area (Å²) < 4.78 is 0. The maximum absolute atomic E-state index is 11.2. The molecule has 0 aromatic heterocycles. The van der Waals surface area contributed by atoms with Gasteiger partial charge in [-0.05, 0) is 19.4 Å². The molecule has 3 nitrogen and oxygen atoms in total. The summed E-state index contributed by atoms with van der Waals surface area (Å²) in [6.07, 6.45) is 1.88. The number of hydrogen-bond donors (Lipinski definition) is 1. The molecule has 0 saturated carbocycles. The van der Waals surface area contributed by atoms with E-state index >= 15 is 0 Å². The first-order valence-electron chi connectivity index (χ1n) is 4.09. The Morgan fingerprint density at radius 2 is 2.08 bits per heavy atom. The van der Waals surface area contributed by atoms with Crippen LogP contribution in [0.5, 0.6) is 0 Å². The van der Waals surface area contributed by atoms with E-state index in [0.717, 1.165) is 5.57 Å². The lowest BCUT2D eigenvalue weighted by atomic mass is 9.92. The van der Waals surface area contributed by atoms with Crippen LogP contribution in [-0.2, 0) is 9.59 Å². The Morgan fingerprint density at radius 3 is 2.38 bits per heavy atom. The average molecular weight is 181 g/mol. The number of carbonyl (C=O) groups excluding carboxylic acids is 2. The Balaban J connectivity index is 4.26. The normalized spacial score (nSPS) is 11.8. The topological polar surface area (TPSA) is 60.2 Å². The van der Waals surface area contributed by atoms with Crippen LogP contribution in [0.2, 0.25) is 0 Å². The Kier molecular flexibility index (Phi) is 4.74. The molecule has 0 aliphatic carbocycles. The first-order valence-corrected chi connectivity index (χ1v) is 4.09. The van der Waals surface area contributed by atoms with E-state index in [1.165, 1.54) is 6.08 Å². The molecule has 0 unspecified atom stereocenters. The van der Waals surface area contributed by atoms with Gasteiger partial charge in [-0.2, -0.15) is 0 Å². The largest absolute Gasteiger partial charge is 0.370 e. The van der Waals surface area contributed by atoms with E-state index < -0.39 is 5.91 Å². The van der Waals surface area contributed by atoms with E-state index in [-0.39, 0.29) is 18.1 Å². The summed E-state index contributed by atoms with van der Waals surface area (Å²) in [5.41, 5.74) is 5.72. The van der Waals surface area contributed by atoms with Crippen LogP contribution in [0.15, 0.2) is 24.8 Å². The SMILES string of the molecule is C=CC(=O)[C@H](CCC(N)=O)C(=C)C. The Morgan fingerprint density at radius 1 is 1.54 bits per heavy atom. The van der Waals surface area contributed by atoms with Crippen LogP contribution in [0, 0.1) is 5.92 Å². The van der Waals surface area contributed by atoms with E-state index in [1.54, 1.807) is 6.92 Å². The monoisotopic (exact) mass is 181 g/mol. The van der Waals surface area contributed by atoms with Crippen LogP contribution in [0.4, 0.5) is 0 Å². The second kappa shape index (κ2) is 5.30. The molecule has 0 spiro atoms. The van der Waals surface area contributed by atoms with Crippen molar-refractivity contribution in [2.45, 2.75) is 19.8 Å². The molecule has 0 radical (unpaired) electrons. The van der Waals surface area contributed by atoms with Crippen molar-refractivity contribution in [2.75, 3.05) is 0 Å². The number of allylic oxidation sites excluding steroid dienone is 2. The molecule has 0 aromatic carbocycles. The quantitative estimate of drug-likeness (QED) is 0.494. The van der Waals surface area contributed by atoms with E-state index in [2.05, 4.69) is 13.2 Å². The lowest BCUT2D eigenvalue weighted by Crippen LogP contribution is -2.17. The predicted molar refractivity (Wildman–Crippen MR) is 51.9 cm³/mol. The van der Waals surface area contributed by atoms with Gasteiger partial charge < -0.3 is 5.73 Å². The number of primary amides is 1. The highest BCUT2D eigenvalue weighted by atomic mass is 16.1. The van der Waals surface area contributed by atoms with Crippen LogP contribution in [-0.4, -0.2) is 11.7 Å². The fraction of sp³-hybridized carbons (Fsp3) is 0.400. The minimum absolute atomic E-state index is 0.103. The summed E-state index contributed by atoms with van der Waals surface area (Å²) in [6.45, 7) is 8.82. The average Bonchev–Trinajstić information content (AvgIpc) is 2.03. The maximum Gasteiger partial charge on any atom is 0.217 e. The van der Waals surface area contributed by atoms with Gasteiger partial charge in [0, 0.05) is 12.3 Å². The molecule has 0 bridgehead atoms. The van der Waals surface area contributed by atoms with E-state index in [4.69, 9.17) is 5.73 Å². The third kappa shape index (κ3) is 4.25. The molecule has 3 heteroatoms. The lowest BCUT2D eigenvalue weighted by molar-refractivity contribution is -0.119. The number of nitrogens with two attached hydrogens (primary N) is 1. The summed E-state index contributed by atoms with van der Waals surface area (Å²) in [6, 6.07) is 0. The second-order valence-electron chi connectivity index (χ2n) is 3.01. The van der Waals surface area contributed by atoms with Gasteiger partial charge in [0.2, 0.25) is 5.91 Å². The van der Waals surface area contributed by atoms with Gasteiger partial charge in [0.05, 0.1) is 0 Å². The molecule has 0 aliphatic heterocycles. The molecule has 0 saturated heterocycles. The van der Waals surface area contributed by atoms with Crippen molar-refractivity contribution < 1.29 is 9.59 Å². The van der Waals surface area contributed by atoms with Crippen LogP contribution in [0.25, 0.3) is 0 Å². The zero-order valence-corrected chi connectivity index (χ0v) is 7.88. The zero-order valence-electron chi connectivity index (χ0n) is 7.88. The van der Waals surface area contributed by atoms with Gasteiger partial charge in [-0.3, -0.25) is 9.59 Å². The molecule has 0 heterocycles. The lowest BCUT2D eigenvalue weighted by Gasteiger charge is -2.11. The second-order valence-corrected chi connectivity index (χ2v) is 3.01. The Labute approximate surface area is 78.3 Å². The van der Waals surface area contributed by atoms with Crippen molar-refractivity contribution in [2.24, 2.45) is 11.7 Å². The van der Waals surface area contributed by atoms with Gasteiger partial charge in [0.15, 0.2) is 5.78 Å². The molecule has 72 valence electrons. The number of rotatable bonds is 6. The molecule has 2 N–H and O–H groups in total. The minimum atomic E-state index is -0.400. The Bertz CT molecular complexity index is 243. The maximum atomic E-state index is 11.2. The highest BCUT2D eigenvalue weighted by Gasteiger charge is 2.16. The highest BCUT2D eigenvalue weighted by molar-refractivity contribution is 5.93. The zero-order chi connectivity index (χ0) is 10.4. The first kappa shape index (κ1) is 11.6. The molecular weight excluding hydrogens is 166 g/mol. The van der Waals surface area contributed by atoms with Crippen molar-refractivity contribution in [1.82, 2.24) is 0 Å². The minimum Gasteiger partial charge on any atom is -0.370 e. The molecule has 13 heavy (non-hydrogen) atoms. The third-order valence-electron chi connectivity index (χ3n) is 1.82. The summed E-state index contributed by atoms with van der Waals surface area (Å²) in [5.74, 6) is -0.818. The van der Waals surface area contributed by atoms with Gasteiger partial charge in [0.25, 0.3) is 0 Å². The van der Waals surface area contributed by atoms with Crippen molar-refractivity contribution in [3.05, 3.63) is 24.8 Å². The Hall–Kier alpha value is -1.38. The predicted octanol–water partition coefficient (Wildman–Crippen LogP) is 1.20. The van der Waals surface area contributed by atoms with Gasteiger partial charge in [0.1, 0.15) is 0 Å². The summed E-state index contributed by atoms with van der Waals surface area (Å²) in [4.78, 5) is 21.7. The van der Waals surface area contributed by atoms with E-state index in [0.29, 0.717) is 6.42 Å². The van der Waals surface area contributed by atoms with Crippen molar-refractivity contribution in [3.63, 3.8) is 0 Å². The van der Waals surface area contributed by atoms with Crippen molar-refractivity contribution in [1.29, 1.82) is 0 Å². The number of carbonyl (C=O) groups is 2. The van der Waals surface area contributed by atoms with Crippen LogP contribution < -0.4 is 5.73 Å². The highest BCUT2D eigenvalue weighted by Crippen LogP contribution is 2.16. The molecule has 0 rings (SSSR count). The van der Waals surface area contributed by atoms with Crippen molar-refractivity contribution >= 4 is 11.7 Å².